The minimum absolute atomic E-state index is 0.279. The molecule has 0 radical (unpaired) electrons. The van der Waals surface area contributed by atoms with Crippen LogP contribution < -0.4 is 10.6 Å². The molecule has 0 aromatic heterocycles. The molecule has 2 rings (SSSR count). The van der Waals surface area contributed by atoms with E-state index in [9.17, 15) is 14.4 Å². The Bertz CT molecular complexity index is 817. The van der Waals surface area contributed by atoms with Crippen molar-refractivity contribution in [2.45, 2.75) is 26.3 Å². The first-order chi connectivity index (χ1) is 12.4. The fourth-order valence-corrected chi connectivity index (χ4v) is 2.61. The van der Waals surface area contributed by atoms with E-state index in [1.807, 2.05) is 31.2 Å². The average molecular weight is 354 g/mol. The van der Waals surface area contributed by atoms with Crippen molar-refractivity contribution in [3.05, 3.63) is 65.2 Å². The number of para-hydroxylation sites is 1. The van der Waals surface area contributed by atoms with Gasteiger partial charge in [0.1, 0.15) is 6.04 Å². The second-order valence-electron chi connectivity index (χ2n) is 5.91. The molecule has 0 aliphatic rings. The lowest BCUT2D eigenvalue weighted by atomic mass is 10.0. The number of hydrogen-bond acceptors (Lipinski definition) is 4. The van der Waals surface area contributed by atoms with Gasteiger partial charge >= 0.3 is 5.97 Å². The van der Waals surface area contributed by atoms with Crippen molar-refractivity contribution in [1.29, 1.82) is 0 Å². The van der Waals surface area contributed by atoms with Crippen molar-refractivity contribution >= 4 is 23.5 Å². The minimum Gasteiger partial charge on any atom is -0.467 e. The highest BCUT2D eigenvalue weighted by molar-refractivity contribution is 6.04. The Morgan fingerprint density at radius 3 is 2.35 bits per heavy atom. The van der Waals surface area contributed by atoms with Gasteiger partial charge in [0, 0.05) is 13.3 Å². The summed E-state index contributed by atoms with van der Waals surface area (Å²) >= 11 is 0. The Labute approximate surface area is 152 Å². The molecule has 0 spiro atoms. The summed E-state index contributed by atoms with van der Waals surface area (Å²) in [5.41, 5.74) is 2.63. The van der Waals surface area contributed by atoms with Crippen LogP contribution in [-0.2, 0) is 20.7 Å². The number of amides is 2. The molecular formula is C20H22N2O4. The normalized spacial score (nSPS) is 11.3. The number of nitrogens with one attached hydrogen (secondary N) is 2. The zero-order chi connectivity index (χ0) is 19.1. The Balaban J connectivity index is 2.23. The predicted molar refractivity (Wildman–Crippen MR) is 98.9 cm³/mol. The highest BCUT2D eigenvalue weighted by atomic mass is 16.5. The number of ether oxygens (including phenoxy) is 1. The molecule has 136 valence electrons. The molecule has 0 bridgehead atoms. The molecule has 2 N–H and O–H groups in total. The van der Waals surface area contributed by atoms with Gasteiger partial charge in [0.05, 0.1) is 18.4 Å². The number of aryl methyl sites for hydroxylation is 1. The number of hydrogen-bond donors (Lipinski definition) is 2. The van der Waals surface area contributed by atoms with Crippen LogP contribution in [0.1, 0.15) is 28.4 Å². The molecule has 0 aliphatic heterocycles. The third-order valence-electron chi connectivity index (χ3n) is 3.96. The van der Waals surface area contributed by atoms with E-state index in [1.165, 1.54) is 14.0 Å². The van der Waals surface area contributed by atoms with Crippen molar-refractivity contribution < 1.29 is 19.1 Å². The molecule has 0 fully saturated rings. The highest BCUT2D eigenvalue weighted by Crippen LogP contribution is 2.16. The molecule has 26 heavy (non-hydrogen) atoms. The van der Waals surface area contributed by atoms with Gasteiger partial charge in [-0.3, -0.25) is 9.59 Å². The van der Waals surface area contributed by atoms with E-state index in [1.54, 1.807) is 24.3 Å². The van der Waals surface area contributed by atoms with E-state index < -0.39 is 17.9 Å². The Morgan fingerprint density at radius 2 is 1.69 bits per heavy atom. The zero-order valence-corrected chi connectivity index (χ0v) is 15.0. The molecule has 0 saturated carbocycles. The lowest BCUT2D eigenvalue weighted by Crippen LogP contribution is -2.43. The maximum atomic E-state index is 12.7. The van der Waals surface area contributed by atoms with Gasteiger partial charge in [-0.25, -0.2) is 4.79 Å². The number of carbonyl (C=O) groups is 3. The van der Waals surface area contributed by atoms with Gasteiger partial charge in [0.15, 0.2) is 0 Å². The number of rotatable bonds is 6. The van der Waals surface area contributed by atoms with Gasteiger partial charge in [-0.1, -0.05) is 36.4 Å². The minimum atomic E-state index is -0.834. The molecule has 0 aliphatic carbocycles. The van der Waals surface area contributed by atoms with Gasteiger partial charge in [-0.15, -0.1) is 0 Å². The summed E-state index contributed by atoms with van der Waals surface area (Å²) in [4.78, 5) is 36.2. The molecule has 0 heterocycles. The molecule has 2 aromatic carbocycles. The molecule has 2 aromatic rings. The van der Waals surface area contributed by atoms with Crippen molar-refractivity contribution in [3.8, 4) is 0 Å². The maximum absolute atomic E-state index is 12.7. The lowest BCUT2D eigenvalue weighted by Gasteiger charge is -2.18. The van der Waals surface area contributed by atoms with Crippen LogP contribution in [-0.4, -0.2) is 30.9 Å². The van der Waals surface area contributed by atoms with Gasteiger partial charge in [0.25, 0.3) is 5.91 Å². The fourth-order valence-electron chi connectivity index (χ4n) is 2.61. The first-order valence-corrected chi connectivity index (χ1v) is 8.22. The van der Waals surface area contributed by atoms with E-state index in [2.05, 4.69) is 10.6 Å². The zero-order valence-electron chi connectivity index (χ0n) is 15.0. The monoisotopic (exact) mass is 354 g/mol. The summed E-state index contributed by atoms with van der Waals surface area (Å²) in [7, 11) is 1.28. The smallest absolute Gasteiger partial charge is 0.328 e. The third-order valence-corrected chi connectivity index (χ3v) is 3.96. The SMILES string of the molecule is COC(=O)[C@H](Cc1ccccc1C)NC(=O)c1ccccc1NC(C)=O. The summed E-state index contributed by atoms with van der Waals surface area (Å²) in [6, 6.07) is 13.4. The second-order valence-corrected chi connectivity index (χ2v) is 5.91. The van der Waals surface area contributed by atoms with Crippen LogP contribution in [0.4, 0.5) is 5.69 Å². The molecule has 1 atom stereocenters. The lowest BCUT2D eigenvalue weighted by molar-refractivity contribution is -0.142. The number of esters is 1. The standard InChI is InChI=1S/C20H22N2O4/c1-13-8-4-5-9-15(13)12-18(20(25)26-3)22-19(24)16-10-6-7-11-17(16)21-14(2)23/h4-11,18H,12H2,1-3H3,(H,21,23)(H,22,24)/t18-/m0/s1. The van der Waals surface area contributed by atoms with E-state index in [0.29, 0.717) is 12.1 Å². The Hall–Kier alpha value is -3.15. The Morgan fingerprint density at radius 1 is 1.04 bits per heavy atom. The Kier molecular flexibility index (Phi) is 6.49. The predicted octanol–water partition coefficient (Wildman–Crippen LogP) is 2.47. The number of carbonyl (C=O) groups excluding carboxylic acids is 3. The van der Waals surface area contributed by atoms with Crippen molar-refractivity contribution in [3.63, 3.8) is 0 Å². The summed E-state index contributed by atoms with van der Waals surface area (Å²) in [6.45, 7) is 3.31. The van der Waals surface area contributed by atoms with Crippen LogP contribution in [0.25, 0.3) is 0 Å². The molecule has 6 heteroatoms. The number of methoxy groups -OCH3 is 1. The van der Waals surface area contributed by atoms with Crippen LogP contribution in [0.5, 0.6) is 0 Å². The summed E-state index contributed by atoms with van der Waals surface area (Å²) in [5, 5.41) is 5.32. The van der Waals surface area contributed by atoms with E-state index in [4.69, 9.17) is 4.74 Å². The van der Waals surface area contributed by atoms with E-state index in [0.717, 1.165) is 11.1 Å². The first kappa shape index (κ1) is 19.2. The quantitative estimate of drug-likeness (QED) is 0.781. The van der Waals surface area contributed by atoms with Crippen molar-refractivity contribution in [2.75, 3.05) is 12.4 Å². The van der Waals surface area contributed by atoms with Gasteiger partial charge < -0.3 is 15.4 Å². The van der Waals surface area contributed by atoms with Gasteiger partial charge in [-0.05, 0) is 30.2 Å². The fraction of sp³-hybridized carbons (Fsp3) is 0.250. The van der Waals surface area contributed by atoms with E-state index in [-0.39, 0.29) is 11.5 Å². The maximum Gasteiger partial charge on any atom is 0.328 e. The molecular weight excluding hydrogens is 332 g/mol. The largest absolute Gasteiger partial charge is 0.467 e. The summed E-state index contributed by atoms with van der Waals surface area (Å²) < 4.78 is 4.83. The van der Waals surface area contributed by atoms with Crippen LogP contribution >= 0.6 is 0 Å². The first-order valence-electron chi connectivity index (χ1n) is 8.22. The molecule has 6 nitrogen and oxygen atoms in total. The average Bonchev–Trinajstić information content (AvgIpc) is 2.62. The van der Waals surface area contributed by atoms with Crippen LogP contribution in [0, 0.1) is 6.92 Å². The molecule has 0 saturated heterocycles. The number of benzene rings is 2. The number of anilines is 1. The van der Waals surface area contributed by atoms with Crippen LogP contribution in [0.2, 0.25) is 0 Å². The highest BCUT2D eigenvalue weighted by Gasteiger charge is 2.24. The molecule has 0 unspecified atom stereocenters. The summed E-state index contributed by atoms with van der Waals surface area (Å²) in [5.74, 6) is -1.27. The van der Waals surface area contributed by atoms with Crippen LogP contribution in [0.15, 0.2) is 48.5 Å². The van der Waals surface area contributed by atoms with Gasteiger partial charge in [-0.2, -0.15) is 0 Å². The summed E-state index contributed by atoms with van der Waals surface area (Å²) in [6.07, 6.45) is 0.313. The van der Waals surface area contributed by atoms with Crippen LogP contribution in [0.3, 0.4) is 0 Å². The third kappa shape index (κ3) is 4.92. The van der Waals surface area contributed by atoms with Crippen molar-refractivity contribution in [2.24, 2.45) is 0 Å². The molecule has 2 amide bonds. The second kappa shape index (κ2) is 8.80. The topological polar surface area (TPSA) is 84.5 Å². The van der Waals surface area contributed by atoms with Crippen molar-refractivity contribution in [1.82, 2.24) is 5.32 Å². The van der Waals surface area contributed by atoms with Gasteiger partial charge in [0.2, 0.25) is 5.91 Å². The van der Waals surface area contributed by atoms with E-state index >= 15 is 0 Å².